The van der Waals surface area contributed by atoms with E-state index in [1.54, 1.807) is 28.0 Å². The number of carbonyl (C=O) groups is 1. The smallest absolute Gasteiger partial charge is 0.317 e. The van der Waals surface area contributed by atoms with Crippen molar-refractivity contribution in [3.63, 3.8) is 0 Å². The van der Waals surface area contributed by atoms with E-state index in [4.69, 9.17) is 0 Å². The summed E-state index contributed by atoms with van der Waals surface area (Å²) in [5.41, 5.74) is 1.04. The fourth-order valence-electron chi connectivity index (χ4n) is 1.96. The number of thiazole rings is 1. The normalized spacial score (nSPS) is 13.9. The van der Waals surface area contributed by atoms with Gasteiger partial charge in [-0.25, -0.2) is 9.78 Å². The lowest BCUT2D eigenvalue weighted by Crippen LogP contribution is -2.43. The van der Waals surface area contributed by atoms with Gasteiger partial charge in [0, 0.05) is 23.7 Å². The topological polar surface area (TPSA) is 45.2 Å². The summed E-state index contributed by atoms with van der Waals surface area (Å²) < 4.78 is 0. The zero-order valence-corrected chi connectivity index (χ0v) is 14.8. The van der Waals surface area contributed by atoms with E-state index in [0.717, 1.165) is 22.9 Å². The van der Waals surface area contributed by atoms with Crippen LogP contribution in [0.15, 0.2) is 0 Å². The minimum absolute atomic E-state index is 0.0232. The molecule has 0 aliphatic rings. The second kappa shape index (κ2) is 7.88. The number of urea groups is 1. The molecule has 114 valence electrons. The molecule has 0 saturated carbocycles. The third kappa shape index (κ3) is 4.38. The Hall–Kier alpha value is -0.750. The third-order valence-corrected chi connectivity index (χ3v) is 5.55. The monoisotopic (exact) mass is 315 g/mol. The van der Waals surface area contributed by atoms with E-state index in [1.807, 2.05) is 27.2 Å². The van der Waals surface area contributed by atoms with E-state index in [2.05, 4.69) is 24.1 Å². The molecule has 0 bridgehead atoms. The molecule has 0 aliphatic carbocycles. The van der Waals surface area contributed by atoms with Crippen molar-refractivity contribution in [2.75, 3.05) is 19.1 Å². The summed E-state index contributed by atoms with van der Waals surface area (Å²) in [6, 6.07) is 0.208. The van der Waals surface area contributed by atoms with Crippen molar-refractivity contribution >= 4 is 29.1 Å². The molecule has 2 atom stereocenters. The van der Waals surface area contributed by atoms with Gasteiger partial charge in [0.05, 0.1) is 16.7 Å². The van der Waals surface area contributed by atoms with Crippen LogP contribution in [0.3, 0.4) is 0 Å². The summed E-state index contributed by atoms with van der Waals surface area (Å²) in [5.74, 6) is 0.924. The van der Waals surface area contributed by atoms with E-state index < -0.39 is 0 Å². The number of hydrogen-bond acceptors (Lipinski definition) is 4. The van der Waals surface area contributed by atoms with Gasteiger partial charge in [-0.05, 0) is 33.4 Å². The predicted molar refractivity (Wildman–Crippen MR) is 88.8 cm³/mol. The fraction of sp³-hybridized carbons (Fsp3) is 0.714. The van der Waals surface area contributed by atoms with Gasteiger partial charge in [0.1, 0.15) is 0 Å². The Balaban J connectivity index is 2.72. The van der Waals surface area contributed by atoms with Crippen LogP contribution in [0.2, 0.25) is 0 Å². The number of nitrogens with zero attached hydrogens (tertiary/aromatic N) is 2. The maximum absolute atomic E-state index is 12.2. The van der Waals surface area contributed by atoms with E-state index in [0.29, 0.717) is 0 Å². The second-order valence-corrected chi connectivity index (χ2v) is 7.03. The third-order valence-electron chi connectivity index (χ3n) is 3.25. The Morgan fingerprint density at radius 2 is 2.15 bits per heavy atom. The molecule has 2 amide bonds. The van der Waals surface area contributed by atoms with E-state index >= 15 is 0 Å². The summed E-state index contributed by atoms with van der Waals surface area (Å²) in [6.45, 7) is 8.20. The molecule has 4 nitrogen and oxygen atoms in total. The summed E-state index contributed by atoms with van der Waals surface area (Å²) in [7, 11) is 1.84. The minimum Gasteiger partial charge on any atom is -0.335 e. The number of thioether (sulfide) groups is 1. The molecule has 6 heteroatoms. The maximum atomic E-state index is 12.2. The summed E-state index contributed by atoms with van der Waals surface area (Å²) >= 11 is 3.44. The first kappa shape index (κ1) is 17.3. The maximum Gasteiger partial charge on any atom is 0.317 e. The highest BCUT2D eigenvalue weighted by Crippen LogP contribution is 2.28. The Morgan fingerprint density at radius 3 is 2.65 bits per heavy atom. The van der Waals surface area contributed by atoms with Crippen molar-refractivity contribution in [2.45, 2.75) is 46.2 Å². The fourth-order valence-corrected chi connectivity index (χ4v) is 3.65. The largest absolute Gasteiger partial charge is 0.335 e. The van der Waals surface area contributed by atoms with E-state index in [-0.39, 0.29) is 18.1 Å². The van der Waals surface area contributed by atoms with Gasteiger partial charge in [-0.1, -0.05) is 6.92 Å². The lowest BCUT2D eigenvalue weighted by Gasteiger charge is -2.26. The van der Waals surface area contributed by atoms with Crippen molar-refractivity contribution < 1.29 is 4.79 Å². The van der Waals surface area contributed by atoms with Crippen LogP contribution in [-0.4, -0.2) is 41.0 Å². The predicted octanol–water partition coefficient (Wildman–Crippen LogP) is 3.47. The van der Waals surface area contributed by atoms with Gasteiger partial charge >= 0.3 is 6.03 Å². The van der Waals surface area contributed by atoms with Gasteiger partial charge in [0.25, 0.3) is 0 Å². The van der Waals surface area contributed by atoms with Crippen molar-refractivity contribution in [2.24, 2.45) is 0 Å². The molecule has 1 rings (SSSR count). The SMILES string of the molecule is CCc1nc(C)c([C@H](C)N(C)C(=O)N[C@H](C)CSC)s1. The Labute approximate surface area is 130 Å². The average molecular weight is 316 g/mol. The summed E-state index contributed by atoms with van der Waals surface area (Å²) in [6.07, 6.45) is 2.99. The molecule has 0 radical (unpaired) electrons. The van der Waals surface area contributed by atoms with Gasteiger partial charge in [-0.2, -0.15) is 11.8 Å². The number of rotatable bonds is 6. The van der Waals surface area contributed by atoms with Gasteiger partial charge in [-0.3, -0.25) is 0 Å². The number of aryl methyl sites for hydroxylation is 2. The van der Waals surface area contributed by atoms with Crippen molar-refractivity contribution in [3.05, 3.63) is 15.6 Å². The zero-order valence-electron chi connectivity index (χ0n) is 13.2. The summed E-state index contributed by atoms with van der Waals surface area (Å²) in [5, 5.41) is 4.16. The van der Waals surface area contributed by atoms with Crippen LogP contribution in [0.4, 0.5) is 4.79 Å². The van der Waals surface area contributed by atoms with Crippen LogP contribution in [0.5, 0.6) is 0 Å². The molecule has 1 heterocycles. The molecule has 0 spiro atoms. The van der Waals surface area contributed by atoms with Gasteiger partial charge < -0.3 is 10.2 Å². The highest BCUT2D eigenvalue weighted by molar-refractivity contribution is 7.98. The first-order chi connectivity index (χ1) is 9.40. The standard InChI is InChI=1S/C14H25N3OS2/c1-7-12-16-10(3)13(20-12)11(4)17(5)14(18)15-9(2)8-19-6/h9,11H,7-8H2,1-6H3,(H,15,18)/t9-,11+/m1/s1. The van der Waals surface area contributed by atoms with Crippen LogP contribution in [0.25, 0.3) is 0 Å². The minimum atomic E-state index is -0.0232. The van der Waals surface area contributed by atoms with Crippen molar-refractivity contribution in [3.8, 4) is 0 Å². The first-order valence-corrected chi connectivity index (χ1v) is 9.10. The number of hydrogen-bond donors (Lipinski definition) is 1. The number of carbonyl (C=O) groups excluding carboxylic acids is 1. The molecule has 0 saturated heterocycles. The molecule has 1 aromatic heterocycles. The van der Waals surface area contributed by atoms with E-state index in [9.17, 15) is 4.79 Å². The van der Waals surface area contributed by atoms with Gasteiger partial charge in [0.2, 0.25) is 0 Å². The second-order valence-electron chi connectivity index (χ2n) is 5.00. The van der Waals surface area contributed by atoms with Crippen LogP contribution >= 0.6 is 23.1 Å². The quantitative estimate of drug-likeness (QED) is 0.874. The Kier molecular flexibility index (Phi) is 6.82. The number of amides is 2. The number of aromatic nitrogens is 1. The Morgan fingerprint density at radius 1 is 1.50 bits per heavy atom. The van der Waals surface area contributed by atoms with Gasteiger partial charge in [0.15, 0.2) is 0 Å². The number of nitrogens with one attached hydrogen (secondary N) is 1. The first-order valence-electron chi connectivity index (χ1n) is 6.89. The van der Waals surface area contributed by atoms with Crippen molar-refractivity contribution in [1.29, 1.82) is 0 Å². The highest BCUT2D eigenvalue weighted by Gasteiger charge is 2.22. The summed E-state index contributed by atoms with van der Waals surface area (Å²) in [4.78, 5) is 19.7. The molecule has 1 N–H and O–H groups in total. The molecule has 0 aromatic carbocycles. The lowest BCUT2D eigenvalue weighted by molar-refractivity contribution is 0.192. The molecule has 1 aromatic rings. The lowest BCUT2D eigenvalue weighted by atomic mass is 10.2. The molecule has 0 fully saturated rings. The molecular weight excluding hydrogens is 290 g/mol. The van der Waals surface area contributed by atoms with Crippen LogP contribution in [-0.2, 0) is 6.42 Å². The highest BCUT2D eigenvalue weighted by atomic mass is 32.2. The Bertz CT molecular complexity index is 448. The molecule has 0 unspecified atom stereocenters. The van der Waals surface area contributed by atoms with Crippen LogP contribution in [0, 0.1) is 6.92 Å². The van der Waals surface area contributed by atoms with Crippen LogP contribution in [0.1, 0.15) is 42.4 Å². The average Bonchev–Trinajstić information content (AvgIpc) is 2.78. The molecule has 20 heavy (non-hydrogen) atoms. The van der Waals surface area contributed by atoms with E-state index in [1.165, 1.54) is 4.88 Å². The van der Waals surface area contributed by atoms with Crippen LogP contribution < -0.4 is 5.32 Å². The van der Waals surface area contributed by atoms with Gasteiger partial charge in [-0.15, -0.1) is 11.3 Å². The zero-order chi connectivity index (χ0) is 15.3. The van der Waals surface area contributed by atoms with Crippen molar-refractivity contribution in [1.82, 2.24) is 15.2 Å². The molecule has 0 aliphatic heterocycles. The molecular formula is C14H25N3OS2.